The lowest BCUT2D eigenvalue weighted by Gasteiger charge is -2.25. The van der Waals surface area contributed by atoms with E-state index < -0.39 is 60.4 Å². The molecule has 2 aromatic rings. The molecule has 0 aliphatic carbocycles. The zero-order valence-electron chi connectivity index (χ0n) is 21.4. The normalized spacial score (nSPS) is 14.3. The highest BCUT2D eigenvalue weighted by Crippen LogP contribution is 2.19. The molecule has 2 rings (SSSR count). The van der Waals surface area contributed by atoms with Crippen molar-refractivity contribution >= 4 is 40.5 Å². The van der Waals surface area contributed by atoms with Crippen LogP contribution >= 0.6 is 0 Å². The van der Waals surface area contributed by atoms with Crippen LogP contribution in [0.25, 0.3) is 10.9 Å². The van der Waals surface area contributed by atoms with Crippen LogP contribution in [0.3, 0.4) is 0 Å². The molecule has 4 amide bonds. The molecule has 0 radical (unpaired) electrons. The number of fused-ring (bicyclic) bond motifs is 1. The van der Waals surface area contributed by atoms with E-state index in [9.17, 15) is 34.2 Å². The van der Waals surface area contributed by atoms with E-state index in [1.807, 2.05) is 38.1 Å². The molecule has 13 heteroatoms. The van der Waals surface area contributed by atoms with Crippen LogP contribution < -0.4 is 27.4 Å². The van der Waals surface area contributed by atoms with Crippen LogP contribution in [0, 0.1) is 5.92 Å². The van der Waals surface area contributed by atoms with Crippen molar-refractivity contribution in [2.45, 2.75) is 63.7 Å². The zero-order chi connectivity index (χ0) is 28.4. The number of H-pyrrole nitrogens is 1. The van der Waals surface area contributed by atoms with Crippen molar-refractivity contribution in [3.8, 4) is 0 Å². The second kappa shape index (κ2) is 14.1. The minimum Gasteiger partial charge on any atom is -0.480 e. The third-order valence-corrected chi connectivity index (χ3v) is 5.91. The van der Waals surface area contributed by atoms with Crippen LogP contribution in [0.4, 0.5) is 0 Å². The number of carbonyl (C=O) groups is 5. The van der Waals surface area contributed by atoms with Crippen LogP contribution in [0.1, 0.15) is 38.7 Å². The molecule has 4 atom stereocenters. The second-order valence-corrected chi connectivity index (χ2v) is 9.51. The molecule has 1 aromatic carbocycles. The van der Waals surface area contributed by atoms with E-state index in [-0.39, 0.29) is 31.6 Å². The number of aliphatic hydroxyl groups is 1. The molecule has 1 heterocycles. The van der Waals surface area contributed by atoms with Gasteiger partial charge in [0.15, 0.2) is 0 Å². The molecule has 0 bridgehead atoms. The first-order valence-electron chi connectivity index (χ1n) is 12.3. The molecule has 4 unspecified atom stereocenters. The number of nitrogens with two attached hydrogens (primary N) is 2. The highest BCUT2D eigenvalue weighted by atomic mass is 16.4. The van der Waals surface area contributed by atoms with Gasteiger partial charge in [0.1, 0.15) is 18.1 Å². The maximum Gasteiger partial charge on any atom is 0.326 e. The Morgan fingerprint density at radius 3 is 2.16 bits per heavy atom. The number of aromatic amines is 1. The number of aromatic nitrogens is 1. The number of carbonyl (C=O) groups excluding carboxylic acids is 4. The Balaban J connectivity index is 2.10. The number of aliphatic carboxylic acids is 1. The maximum atomic E-state index is 13.1. The van der Waals surface area contributed by atoms with Crippen molar-refractivity contribution in [3.63, 3.8) is 0 Å². The first-order valence-corrected chi connectivity index (χ1v) is 12.3. The van der Waals surface area contributed by atoms with Crippen LogP contribution in [-0.2, 0) is 30.4 Å². The van der Waals surface area contributed by atoms with Crippen molar-refractivity contribution in [3.05, 3.63) is 36.0 Å². The molecule has 208 valence electrons. The van der Waals surface area contributed by atoms with E-state index in [1.54, 1.807) is 6.20 Å². The van der Waals surface area contributed by atoms with Crippen LogP contribution in [0.5, 0.6) is 0 Å². The number of para-hydroxylation sites is 1. The summed E-state index contributed by atoms with van der Waals surface area (Å²) in [6.45, 7) is 2.85. The average Bonchev–Trinajstić information content (AvgIpc) is 3.27. The third kappa shape index (κ3) is 8.85. The highest BCUT2D eigenvalue weighted by molar-refractivity contribution is 5.94. The molecule has 38 heavy (non-hydrogen) atoms. The summed E-state index contributed by atoms with van der Waals surface area (Å²) in [4.78, 5) is 64.1. The van der Waals surface area contributed by atoms with Gasteiger partial charge in [-0.15, -0.1) is 0 Å². The number of rotatable bonds is 15. The SMILES string of the molecule is CC(C)CC(NC(=O)C(CO)NC(=O)C(N)CCC(N)=O)C(=O)NC(Cc1c[nH]c2ccccc12)C(=O)O. The Labute approximate surface area is 219 Å². The summed E-state index contributed by atoms with van der Waals surface area (Å²) in [6.07, 6.45) is 1.67. The van der Waals surface area contributed by atoms with Gasteiger partial charge in [0, 0.05) is 29.9 Å². The van der Waals surface area contributed by atoms with Gasteiger partial charge in [0.05, 0.1) is 12.6 Å². The van der Waals surface area contributed by atoms with Crippen LogP contribution in [0.2, 0.25) is 0 Å². The van der Waals surface area contributed by atoms with Crippen LogP contribution in [-0.4, -0.2) is 75.6 Å². The van der Waals surface area contributed by atoms with Gasteiger partial charge < -0.3 is 42.6 Å². The number of amides is 4. The fraction of sp³-hybridized carbons (Fsp3) is 0.480. The summed E-state index contributed by atoms with van der Waals surface area (Å²) in [7, 11) is 0. The summed E-state index contributed by atoms with van der Waals surface area (Å²) in [5.74, 6) is -4.31. The molecular weight excluding hydrogens is 496 g/mol. The van der Waals surface area contributed by atoms with E-state index in [4.69, 9.17) is 11.5 Å². The summed E-state index contributed by atoms with van der Waals surface area (Å²) >= 11 is 0. The lowest BCUT2D eigenvalue weighted by molar-refractivity contribution is -0.142. The fourth-order valence-electron chi connectivity index (χ4n) is 3.87. The van der Waals surface area contributed by atoms with Gasteiger partial charge in [-0.2, -0.15) is 0 Å². The van der Waals surface area contributed by atoms with Gasteiger partial charge >= 0.3 is 5.97 Å². The number of hydrogen-bond donors (Lipinski definition) is 8. The minimum absolute atomic E-state index is 0.00590. The number of nitrogens with one attached hydrogen (secondary N) is 4. The van der Waals surface area contributed by atoms with Crippen molar-refractivity contribution in [2.75, 3.05) is 6.61 Å². The quantitative estimate of drug-likeness (QED) is 0.140. The third-order valence-electron chi connectivity index (χ3n) is 5.91. The molecule has 0 saturated heterocycles. The largest absolute Gasteiger partial charge is 0.480 e. The highest BCUT2D eigenvalue weighted by Gasteiger charge is 2.31. The molecule has 1 aromatic heterocycles. The van der Waals surface area contributed by atoms with E-state index >= 15 is 0 Å². The van der Waals surface area contributed by atoms with Gasteiger partial charge in [-0.05, 0) is 30.4 Å². The van der Waals surface area contributed by atoms with Crippen molar-refractivity contribution in [2.24, 2.45) is 17.4 Å². The Bertz CT molecular complexity index is 1150. The number of primary amides is 1. The Kier molecular flexibility index (Phi) is 11.2. The lowest BCUT2D eigenvalue weighted by Crippen LogP contribution is -2.58. The predicted molar refractivity (Wildman–Crippen MR) is 138 cm³/mol. The molecule has 0 spiro atoms. The minimum atomic E-state index is -1.42. The van der Waals surface area contributed by atoms with E-state index in [1.165, 1.54) is 0 Å². The van der Waals surface area contributed by atoms with Crippen molar-refractivity contribution in [1.29, 1.82) is 0 Å². The first-order chi connectivity index (χ1) is 17.9. The molecule has 0 fully saturated rings. The lowest BCUT2D eigenvalue weighted by atomic mass is 10.0. The summed E-state index contributed by atoms with van der Waals surface area (Å²) in [6, 6.07) is 2.38. The average molecular weight is 533 g/mol. The van der Waals surface area contributed by atoms with Gasteiger partial charge in [-0.25, -0.2) is 4.79 Å². The van der Waals surface area contributed by atoms with Gasteiger partial charge in [-0.1, -0.05) is 32.0 Å². The van der Waals surface area contributed by atoms with Gasteiger partial charge in [-0.3, -0.25) is 19.2 Å². The smallest absolute Gasteiger partial charge is 0.326 e. The van der Waals surface area contributed by atoms with Gasteiger partial charge in [0.2, 0.25) is 23.6 Å². The predicted octanol–water partition coefficient (Wildman–Crippen LogP) is -1.12. The maximum absolute atomic E-state index is 13.1. The molecule has 13 nitrogen and oxygen atoms in total. The molecular formula is C25H36N6O7. The van der Waals surface area contributed by atoms with Crippen molar-refractivity contribution < 1.29 is 34.2 Å². The Hall–Kier alpha value is -3.97. The van der Waals surface area contributed by atoms with E-state index in [0.717, 1.165) is 10.9 Å². The number of carboxylic acid groups (broad SMARTS) is 1. The summed E-state index contributed by atoms with van der Waals surface area (Å²) in [5.41, 5.74) is 12.3. The zero-order valence-corrected chi connectivity index (χ0v) is 21.4. The molecule has 10 N–H and O–H groups in total. The van der Waals surface area contributed by atoms with E-state index in [0.29, 0.717) is 5.56 Å². The summed E-state index contributed by atoms with van der Waals surface area (Å²) < 4.78 is 0. The summed E-state index contributed by atoms with van der Waals surface area (Å²) in [5, 5.41) is 27.5. The number of carboxylic acids is 1. The topological polar surface area (TPSA) is 230 Å². The molecule has 0 aliphatic heterocycles. The standard InChI is InChI=1S/C25H36N6O7/c1-13(2)9-18(29-24(36)20(12-32)31-22(34)16(26)7-8-21(27)33)23(35)30-19(25(37)38)10-14-11-28-17-6-4-3-5-15(14)17/h3-6,11,13,16,18-20,28,32H,7-10,12,26H2,1-2H3,(H2,27,33)(H,29,36)(H,30,35)(H,31,34)(H,37,38). The molecule has 0 aliphatic rings. The second-order valence-electron chi connectivity index (χ2n) is 9.51. The first kappa shape index (κ1) is 30.3. The van der Waals surface area contributed by atoms with Crippen LogP contribution in [0.15, 0.2) is 30.5 Å². The Morgan fingerprint density at radius 2 is 1.55 bits per heavy atom. The van der Waals surface area contributed by atoms with Gasteiger partial charge in [0.25, 0.3) is 0 Å². The van der Waals surface area contributed by atoms with E-state index in [2.05, 4.69) is 20.9 Å². The fourth-order valence-corrected chi connectivity index (χ4v) is 3.87. The van der Waals surface area contributed by atoms with Crippen molar-refractivity contribution in [1.82, 2.24) is 20.9 Å². The number of benzene rings is 1. The number of hydrogen-bond acceptors (Lipinski definition) is 7. The molecule has 0 saturated carbocycles. The Morgan fingerprint density at radius 1 is 0.947 bits per heavy atom. The monoisotopic (exact) mass is 532 g/mol. The number of aliphatic hydroxyl groups excluding tert-OH is 1.